The van der Waals surface area contributed by atoms with E-state index in [-0.39, 0.29) is 13.2 Å². The molecule has 0 N–H and O–H groups in total. The SMILES string of the molecule is C=CCC1OCCOOOOOOOOO/C=C/1OCCCC. The smallest absolute Gasteiger partial charge is 0.173 e. The van der Waals surface area contributed by atoms with Gasteiger partial charge in [0.1, 0.15) is 12.7 Å². The minimum Gasteiger partial charge on any atom is -0.492 e. The van der Waals surface area contributed by atoms with Crippen LogP contribution in [0.25, 0.3) is 0 Å². The monoisotopic (exact) mass is 340 g/mol. The zero-order valence-corrected chi connectivity index (χ0v) is 12.7. The van der Waals surface area contributed by atoms with Gasteiger partial charge in [0, 0.05) is 20.2 Å². The summed E-state index contributed by atoms with van der Waals surface area (Å²) in [6.45, 7) is 6.38. The van der Waals surface area contributed by atoms with E-state index in [4.69, 9.17) is 9.47 Å². The first-order valence-corrected chi connectivity index (χ1v) is 6.88. The van der Waals surface area contributed by atoms with Crippen LogP contribution in [0.15, 0.2) is 24.7 Å². The number of hydrogen-bond donors (Lipinski definition) is 0. The van der Waals surface area contributed by atoms with Gasteiger partial charge in [0.15, 0.2) is 12.0 Å². The first-order valence-electron chi connectivity index (χ1n) is 6.88. The summed E-state index contributed by atoms with van der Waals surface area (Å²) in [6, 6.07) is 0. The van der Waals surface area contributed by atoms with Crippen molar-refractivity contribution >= 4 is 0 Å². The number of ether oxygens (including phenoxy) is 2. The summed E-state index contributed by atoms with van der Waals surface area (Å²) < 4.78 is 11.2. The lowest BCUT2D eigenvalue weighted by molar-refractivity contribution is -0.829. The molecular weight excluding hydrogens is 320 g/mol. The number of unbranched alkanes of at least 4 members (excludes halogenated alkanes) is 1. The van der Waals surface area contributed by atoms with Gasteiger partial charge in [0.2, 0.25) is 0 Å². The minimum atomic E-state index is -0.476. The van der Waals surface area contributed by atoms with Crippen LogP contribution < -0.4 is 0 Å². The topological polar surface area (TPSA) is 102 Å². The Morgan fingerprint density at radius 3 is 2.61 bits per heavy atom. The largest absolute Gasteiger partial charge is 0.492 e. The Hall–Kier alpha value is -1.28. The van der Waals surface area contributed by atoms with E-state index >= 15 is 0 Å². The van der Waals surface area contributed by atoms with Crippen LogP contribution in [0.2, 0.25) is 0 Å². The van der Waals surface area contributed by atoms with Crippen molar-refractivity contribution in [3.8, 4) is 0 Å². The third kappa shape index (κ3) is 10.2. The van der Waals surface area contributed by atoms with E-state index in [1.54, 1.807) is 6.08 Å². The van der Waals surface area contributed by atoms with Crippen LogP contribution in [0.1, 0.15) is 26.2 Å². The molecule has 1 rings (SSSR count). The van der Waals surface area contributed by atoms with Crippen molar-refractivity contribution in [3.05, 3.63) is 24.7 Å². The lowest BCUT2D eigenvalue weighted by Crippen LogP contribution is -2.21. The van der Waals surface area contributed by atoms with Gasteiger partial charge in [-0.1, -0.05) is 19.4 Å². The second-order valence-corrected chi connectivity index (χ2v) is 4.00. The Bertz CT molecular complexity index is 322. The Morgan fingerprint density at radius 1 is 1.13 bits per heavy atom. The molecule has 1 atom stereocenters. The van der Waals surface area contributed by atoms with Gasteiger partial charge in [0.25, 0.3) is 0 Å². The van der Waals surface area contributed by atoms with E-state index < -0.39 is 6.10 Å². The third-order valence-corrected chi connectivity index (χ3v) is 2.37. The molecule has 11 nitrogen and oxygen atoms in total. The number of hydrogen-bond acceptors (Lipinski definition) is 11. The summed E-state index contributed by atoms with van der Waals surface area (Å²) in [7, 11) is 0. The lowest BCUT2D eigenvalue weighted by atomic mass is 10.2. The zero-order chi connectivity index (χ0) is 16.6. The molecule has 0 saturated carbocycles. The highest BCUT2D eigenvalue weighted by molar-refractivity contribution is 4.99. The molecule has 1 heterocycles. The molecular formula is C12H20O11. The number of rotatable bonds is 6. The average Bonchev–Trinajstić information content (AvgIpc) is 2.56. The maximum absolute atomic E-state index is 5.61. The zero-order valence-electron chi connectivity index (χ0n) is 12.7. The molecule has 0 fully saturated rings. The van der Waals surface area contributed by atoms with Crippen LogP contribution in [0.3, 0.4) is 0 Å². The van der Waals surface area contributed by atoms with Crippen LogP contribution in [0.5, 0.6) is 0 Å². The van der Waals surface area contributed by atoms with Crippen molar-refractivity contribution < 1.29 is 54.5 Å². The average molecular weight is 340 g/mol. The van der Waals surface area contributed by atoms with Gasteiger partial charge >= 0.3 is 0 Å². The molecule has 1 aliphatic heterocycles. The van der Waals surface area contributed by atoms with Crippen molar-refractivity contribution in [1.82, 2.24) is 0 Å². The van der Waals surface area contributed by atoms with Crippen LogP contribution in [-0.2, 0) is 54.5 Å². The Morgan fingerprint density at radius 2 is 1.87 bits per heavy atom. The van der Waals surface area contributed by atoms with Gasteiger partial charge in [0.05, 0.1) is 13.2 Å². The van der Waals surface area contributed by atoms with Crippen LogP contribution in [0, 0.1) is 0 Å². The van der Waals surface area contributed by atoms with Crippen LogP contribution in [0.4, 0.5) is 0 Å². The van der Waals surface area contributed by atoms with E-state index in [0.29, 0.717) is 18.8 Å². The molecule has 0 radical (unpaired) electrons. The summed E-state index contributed by atoms with van der Waals surface area (Å²) in [5.74, 6) is 0.367. The molecule has 1 aliphatic rings. The molecule has 134 valence electrons. The fourth-order valence-electron chi connectivity index (χ4n) is 1.37. The molecule has 0 saturated heterocycles. The van der Waals surface area contributed by atoms with E-state index in [1.807, 2.05) is 6.92 Å². The third-order valence-electron chi connectivity index (χ3n) is 2.37. The molecule has 0 spiro atoms. The molecule has 0 aromatic rings. The van der Waals surface area contributed by atoms with Crippen LogP contribution >= 0.6 is 0 Å². The van der Waals surface area contributed by atoms with E-state index in [0.717, 1.165) is 19.1 Å². The Labute approximate surface area is 132 Å². The van der Waals surface area contributed by atoms with Crippen LogP contribution in [-0.4, -0.2) is 25.9 Å². The van der Waals surface area contributed by atoms with Gasteiger partial charge in [-0.05, 0) is 28.0 Å². The van der Waals surface area contributed by atoms with Crippen molar-refractivity contribution in [2.24, 2.45) is 0 Å². The molecule has 0 aliphatic carbocycles. The maximum atomic E-state index is 5.61. The molecule has 0 aromatic heterocycles. The highest BCUT2D eigenvalue weighted by Crippen LogP contribution is 2.15. The predicted molar refractivity (Wildman–Crippen MR) is 68.1 cm³/mol. The Balaban J connectivity index is 2.60. The standard InChI is InChI=1S/C12H20O11/c1-3-5-7-13-12-10-16-18-20-22-23-21-19-17-15-9-8-14-11(12)6-4-2/h4,10-11H,2-3,5-9H2,1H3/b12-10-. The maximum Gasteiger partial charge on any atom is 0.173 e. The van der Waals surface area contributed by atoms with Gasteiger partial charge in [-0.15, -0.1) is 6.58 Å². The fourth-order valence-corrected chi connectivity index (χ4v) is 1.37. The summed E-state index contributed by atoms with van der Waals surface area (Å²) in [5, 5.41) is 27.7. The molecule has 0 amide bonds. The molecule has 1 unspecified atom stereocenters. The first-order chi connectivity index (χ1) is 11.4. The normalized spacial score (nSPS) is 24.4. The molecule has 0 bridgehead atoms. The lowest BCUT2D eigenvalue weighted by Gasteiger charge is -2.19. The molecule has 0 aromatic carbocycles. The van der Waals surface area contributed by atoms with Crippen molar-refractivity contribution in [1.29, 1.82) is 0 Å². The summed E-state index contributed by atoms with van der Waals surface area (Å²) in [4.78, 5) is 9.21. The molecule has 11 heteroatoms. The van der Waals surface area contributed by atoms with E-state index in [2.05, 4.69) is 51.6 Å². The Kier molecular flexibility index (Phi) is 12.3. The van der Waals surface area contributed by atoms with Gasteiger partial charge in [-0.3, -0.25) is 0 Å². The van der Waals surface area contributed by atoms with Crippen molar-refractivity contribution in [2.75, 3.05) is 19.8 Å². The fraction of sp³-hybridized carbons (Fsp3) is 0.667. The van der Waals surface area contributed by atoms with Crippen molar-refractivity contribution in [2.45, 2.75) is 32.3 Å². The van der Waals surface area contributed by atoms with Crippen molar-refractivity contribution in [3.63, 3.8) is 0 Å². The second-order valence-electron chi connectivity index (χ2n) is 4.00. The highest BCUT2D eigenvalue weighted by Gasteiger charge is 2.17. The van der Waals surface area contributed by atoms with Gasteiger partial charge in [-0.2, -0.15) is 0 Å². The predicted octanol–water partition coefficient (Wildman–Crippen LogP) is 2.09. The summed E-state index contributed by atoms with van der Waals surface area (Å²) >= 11 is 0. The quantitative estimate of drug-likeness (QED) is 0.403. The van der Waals surface area contributed by atoms with E-state index in [9.17, 15) is 0 Å². The van der Waals surface area contributed by atoms with Gasteiger partial charge in [-0.25, -0.2) is 4.89 Å². The highest BCUT2D eigenvalue weighted by atomic mass is 17.9. The first kappa shape index (κ1) is 19.8. The second kappa shape index (κ2) is 14.3. The van der Waals surface area contributed by atoms with Gasteiger partial charge < -0.3 is 14.4 Å². The summed E-state index contributed by atoms with van der Waals surface area (Å²) in [5.41, 5.74) is 0. The van der Waals surface area contributed by atoms with E-state index in [1.165, 1.54) is 0 Å². The minimum absolute atomic E-state index is 0.0357. The molecule has 23 heavy (non-hydrogen) atoms. The summed E-state index contributed by atoms with van der Waals surface area (Å²) in [6.07, 6.45) is 4.63.